The first kappa shape index (κ1) is 25.3. The molecule has 10 aromatic rings. The van der Waals surface area contributed by atoms with Gasteiger partial charge in [0.15, 0.2) is 0 Å². The Labute approximate surface area is 280 Å². The third-order valence-corrected chi connectivity index (χ3v) is 12.1. The van der Waals surface area contributed by atoms with Crippen molar-refractivity contribution < 1.29 is 0 Å². The van der Waals surface area contributed by atoms with Crippen molar-refractivity contribution in [2.45, 2.75) is 0 Å². The van der Waals surface area contributed by atoms with Gasteiger partial charge >= 0.3 is 0 Å². The lowest BCUT2D eigenvalue weighted by Crippen LogP contribution is -2.59. The summed E-state index contributed by atoms with van der Waals surface area (Å²) in [5.74, 6) is 0. The molecular weight excluding hydrogens is 599 g/mol. The van der Waals surface area contributed by atoms with Crippen LogP contribution in [-0.4, -0.2) is 11.3 Å². The van der Waals surface area contributed by atoms with Crippen molar-refractivity contribution >= 4 is 115 Å². The molecule has 12 rings (SSSR count). The van der Waals surface area contributed by atoms with Gasteiger partial charge in [-0.3, -0.25) is 0 Å². The first-order chi connectivity index (χ1) is 23.9. The van der Waals surface area contributed by atoms with E-state index in [1.54, 1.807) is 0 Å². The van der Waals surface area contributed by atoms with Crippen LogP contribution in [0.2, 0.25) is 0 Å². The Morgan fingerprint density at radius 2 is 1.10 bits per heavy atom. The number of thiophene rings is 1. The minimum Gasteiger partial charge on any atom is -0.310 e. The maximum absolute atomic E-state index is 2.58. The number of hydrogen-bond donors (Lipinski definition) is 0. The van der Waals surface area contributed by atoms with E-state index in [4.69, 9.17) is 0 Å². The summed E-state index contributed by atoms with van der Waals surface area (Å²) in [6, 6.07) is 56.5. The smallest absolute Gasteiger partial charge is 0.264 e. The molecule has 0 aliphatic carbocycles. The zero-order chi connectivity index (χ0) is 31.1. The normalized spacial score (nSPS) is 13.3. The van der Waals surface area contributed by atoms with Crippen LogP contribution in [0, 0.1) is 0 Å². The number of rotatable bonds is 1. The lowest BCUT2D eigenvalue weighted by Gasteiger charge is -2.39. The summed E-state index contributed by atoms with van der Waals surface area (Å²) in [6.07, 6.45) is 0. The van der Waals surface area contributed by atoms with Crippen molar-refractivity contribution in [3.63, 3.8) is 0 Å². The molecule has 0 radical (unpaired) electrons. The zero-order valence-corrected chi connectivity index (χ0v) is 26.6. The summed E-state index contributed by atoms with van der Waals surface area (Å²) in [5.41, 5.74) is 10.4. The van der Waals surface area contributed by atoms with Crippen LogP contribution >= 0.6 is 11.3 Å². The summed E-state index contributed by atoms with van der Waals surface area (Å²) in [4.78, 5) is 2.53. The Balaban J connectivity index is 1.35. The van der Waals surface area contributed by atoms with Crippen LogP contribution in [0.5, 0.6) is 0 Å². The molecule has 0 amide bonds. The van der Waals surface area contributed by atoms with Crippen LogP contribution in [0.3, 0.4) is 0 Å². The third kappa shape index (κ3) is 2.96. The molecule has 0 fully saturated rings. The summed E-state index contributed by atoms with van der Waals surface area (Å²) in [7, 11) is 0. The Bertz CT molecular complexity index is 3030. The molecular formula is C44H25BN2S. The second kappa shape index (κ2) is 8.94. The van der Waals surface area contributed by atoms with Crippen LogP contribution in [0.4, 0.5) is 17.1 Å². The quantitative estimate of drug-likeness (QED) is 0.130. The molecule has 2 nitrogen and oxygen atoms in total. The highest BCUT2D eigenvalue weighted by Gasteiger charge is 2.44. The van der Waals surface area contributed by atoms with E-state index in [2.05, 4.69) is 161 Å². The van der Waals surface area contributed by atoms with Crippen molar-refractivity contribution in [1.82, 2.24) is 4.57 Å². The molecule has 0 bridgehead atoms. The highest BCUT2D eigenvalue weighted by molar-refractivity contribution is 7.33. The van der Waals surface area contributed by atoms with Gasteiger partial charge in [0.05, 0.1) is 16.7 Å². The number of hydrogen-bond acceptors (Lipinski definition) is 2. The van der Waals surface area contributed by atoms with E-state index in [9.17, 15) is 0 Å². The van der Waals surface area contributed by atoms with Crippen molar-refractivity contribution in [2.75, 3.05) is 4.90 Å². The summed E-state index contributed by atoms with van der Waals surface area (Å²) >= 11 is 1.96. The molecule has 0 unspecified atom stereocenters. The molecule has 0 spiro atoms. The number of fused-ring (bicyclic) bond motifs is 16. The van der Waals surface area contributed by atoms with E-state index in [-0.39, 0.29) is 6.71 Å². The maximum Gasteiger partial charge on any atom is 0.264 e. The average molecular weight is 625 g/mol. The molecule has 0 atom stereocenters. The molecule has 8 aromatic carbocycles. The van der Waals surface area contributed by atoms with Gasteiger partial charge in [0.25, 0.3) is 6.71 Å². The fraction of sp³-hybridized carbons (Fsp3) is 0. The highest BCUT2D eigenvalue weighted by atomic mass is 32.1. The lowest BCUT2D eigenvalue weighted by molar-refractivity contribution is 1.18. The number of benzene rings is 8. The number of nitrogens with zero attached hydrogens (tertiary/aromatic N) is 2. The molecule has 0 saturated heterocycles. The molecule has 48 heavy (non-hydrogen) atoms. The van der Waals surface area contributed by atoms with E-state index in [0.29, 0.717) is 0 Å². The van der Waals surface area contributed by atoms with Gasteiger partial charge in [-0.15, -0.1) is 11.3 Å². The van der Waals surface area contributed by atoms with Gasteiger partial charge in [-0.2, -0.15) is 0 Å². The van der Waals surface area contributed by atoms with Gasteiger partial charge in [-0.25, -0.2) is 0 Å². The third-order valence-electron chi connectivity index (χ3n) is 10.9. The molecule has 4 heteroatoms. The molecule has 0 saturated carbocycles. The van der Waals surface area contributed by atoms with Gasteiger partial charge < -0.3 is 9.47 Å². The molecule has 2 aromatic heterocycles. The van der Waals surface area contributed by atoms with Gasteiger partial charge in [0, 0.05) is 48.1 Å². The minimum atomic E-state index is 0.109. The van der Waals surface area contributed by atoms with Gasteiger partial charge in [0.1, 0.15) is 0 Å². The first-order valence-corrected chi connectivity index (χ1v) is 17.5. The Kier molecular flexibility index (Phi) is 4.71. The van der Waals surface area contributed by atoms with Crippen LogP contribution in [0.25, 0.3) is 69.9 Å². The van der Waals surface area contributed by atoms with E-state index >= 15 is 0 Å². The van der Waals surface area contributed by atoms with Crippen molar-refractivity contribution in [2.24, 2.45) is 0 Å². The molecule has 4 heterocycles. The van der Waals surface area contributed by atoms with Crippen LogP contribution in [0.1, 0.15) is 0 Å². The highest BCUT2D eigenvalue weighted by Crippen LogP contribution is 2.48. The summed E-state index contributed by atoms with van der Waals surface area (Å²) in [5, 5.41) is 12.0. The Hall–Kier alpha value is -5.84. The van der Waals surface area contributed by atoms with E-state index in [0.717, 1.165) is 0 Å². The molecule has 2 aliphatic rings. The SMILES string of the molecule is c1ccc(N2c3cccc4c3B(c3sc5ccccc5c32)c2cc3c5ccccc5c5ccccc5c3c3c5ccccc5n-4c23)cc1. The predicted molar refractivity (Wildman–Crippen MR) is 208 cm³/mol. The van der Waals surface area contributed by atoms with E-state index < -0.39 is 0 Å². The summed E-state index contributed by atoms with van der Waals surface area (Å²) < 4.78 is 5.33. The van der Waals surface area contributed by atoms with Crippen LogP contribution in [0.15, 0.2) is 152 Å². The maximum atomic E-state index is 2.58. The second-order valence-electron chi connectivity index (χ2n) is 13.2. The van der Waals surface area contributed by atoms with Crippen LogP contribution in [-0.2, 0) is 0 Å². The van der Waals surface area contributed by atoms with E-state index in [1.165, 1.54) is 103 Å². The fourth-order valence-corrected chi connectivity index (χ4v) is 10.5. The number of anilines is 3. The monoisotopic (exact) mass is 624 g/mol. The Morgan fingerprint density at radius 3 is 1.92 bits per heavy atom. The standard InChI is InChI=1S/C44H25BN2S/c1-2-13-26(14-3-1)46-36-22-12-23-37-41(36)45(44-42(46)32-20-9-11-24-38(32)48-44)34-25-33-29-17-5-4-15-27(29)28-16-6-7-18-30(28)39(33)40-31-19-8-10-21-35(31)47(37)43(34)40/h1-25H. The van der Waals surface area contributed by atoms with Crippen molar-refractivity contribution in [3.05, 3.63) is 152 Å². The molecule has 220 valence electrons. The fourth-order valence-electron chi connectivity index (χ4n) is 9.15. The summed E-state index contributed by atoms with van der Waals surface area (Å²) in [6.45, 7) is 0.109. The molecule has 0 N–H and O–H groups in total. The van der Waals surface area contributed by atoms with E-state index in [1.807, 2.05) is 11.3 Å². The average Bonchev–Trinajstić information content (AvgIpc) is 3.71. The largest absolute Gasteiger partial charge is 0.310 e. The number of para-hydroxylation sites is 2. The minimum absolute atomic E-state index is 0.109. The number of aromatic nitrogens is 1. The second-order valence-corrected chi connectivity index (χ2v) is 14.3. The van der Waals surface area contributed by atoms with Crippen molar-refractivity contribution in [3.8, 4) is 5.69 Å². The Morgan fingerprint density at radius 1 is 0.479 bits per heavy atom. The zero-order valence-electron chi connectivity index (χ0n) is 25.8. The van der Waals surface area contributed by atoms with Crippen LogP contribution < -0.4 is 20.6 Å². The predicted octanol–water partition coefficient (Wildman–Crippen LogP) is 10.1. The topological polar surface area (TPSA) is 8.17 Å². The van der Waals surface area contributed by atoms with Gasteiger partial charge in [-0.1, -0.05) is 115 Å². The lowest BCUT2D eigenvalue weighted by atomic mass is 9.36. The van der Waals surface area contributed by atoms with Crippen molar-refractivity contribution in [1.29, 1.82) is 0 Å². The van der Waals surface area contributed by atoms with Gasteiger partial charge in [0.2, 0.25) is 0 Å². The first-order valence-electron chi connectivity index (χ1n) is 16.7. The molecule has 2 aliphatic heterocycles. The van der Waals surface area contributed by atoms with Gasteiger partial charge in [-0.05, 0) is 74.3 Å².